The largest absolute Gasteiger partial charge is 0.544 e. The third-order valence-corrected chi connectivity index (χ3v) is 9.23. The van der Waals surface area contributed by atoms with Crippen molar-refractivity contribution in [3.05, 3.63) is 48.6 Å². The van der Waals surface area contributed by atoms with E-state index in [1.54, 1.807) is 21.1 Å². The fourth-order valence-electron chi connectivity index (χ4n) is 5.94. The molecule has 0 saturated heterocycles. The van der Waals surface area contributed by atoms with Gasteiger partial charge in [-0.3, -0.25) is 9.59 Å². The average molecular weight is 746 g/mol. The monoisotopic (exact) mass is 746 g/mol. The van der Waals surface area contributed by atoms with Crippen LogP contribution < -0.4 is 5.11 Å². The lowest BCUT2D eigenvalue weighted by Crippen LogP contribution is -2.55. The molecule has 0 N–H and O–H groups in total. The number of likely N-dealkylation sites (N-methyl/N-ethyl adjacent to an activating group) is 1. The van der Waals surface area contributed by atoms with Crippen LogP contribution in [0.15, 0.2) is 48.6 Å². The molecule has 0 radical (unpaired) electrons. The van der Waals surface area contributed by atoms with Gasteiger partial charge in [-0.05, 0) is 51.4 Å². The molecule has 53 heavy (non-hydrogen) atoms. The summed E-state index contributed by atoms with van der Waals surface area (Å²) in [6, 6.07) is -0.726. The molecule has 8 heteroatoms. The highest BCUT2D eigenvalue weighted by atomic mass is 16.6. The molecule has 0 amide bonds. The van der Waals surface area contributed by atoms with Crippen molar-refractivity contribution in [1.82, 2.24) is 0 Å². The van der Waals surface area contributed by atoms with Crippen molar-refractivity contribution in [3.63, 3.8) is 0 Å². The summed E-state index contributed by atoms with van der Waals surface area (Å²) in [5, 5.41) is 11.6. The first-order chi connectivity index (χ1) is 25.6. The van der Waals surface area contributed by atoms with Crippen LogP contribution in [-0.2, 0) is 28.6 Å². The molecule has 0 aromatic carbocycles. The molecular formula is C45H79NO7. The van der Waals surface area contributed by atoms with Gasteiger partial charge in [0.1, 0.15) is 12.6 Å². The normalized spacial score (nSPS) is 13.5. The number of rotatable bonds is 37. The van der Waals surface area contributed by atoms with E-state index in [1.165, 1.54) is 57.8 Å². The highest BCUT2D eigenvalue weighted by Gasteiger charge is 2.25. The van der Waals surface area contributed by atoms with Gasteiger partial charge in [0.2, 0.25) is 0 Å². The molecule has 0 saturated carbocycles. The molecule has 0 aromatic rings. The predicted octanol–water partition coefficient (Wildman–Crippen LogP) is 9.91. The summed E-state index contributed by atoms with van der Waals surface area (Å²) in [6.45, 7) is 4.51. The summed E-state index contributed by atoms with van der Waals surface area (Å²) in [4.78, 5) is 36.7. The number of carbonyl (C=O) groups is 3. The van der Waals surface area contributed by atoms with Crippen molar-refractivity contribution in [2.75, 3.05) is 41.0 Å². The summed E-state index contributed by atoms with van der Waals surface area (Å²) in [5.74, 6) is -1.76. The molecule has 0 aromatic heterocycles. The summed E-state index contributed by atoms with van der Waals surface area (Å²) < 4.78 is 17.1. The lowest BCUT2D eigenvalue weighted by molar-refractivity contribution is -0.889. The highest BCUT2D eigenvalue weighted by Crippen LogP contribution is 2.14. The number of hydrogen-bond donors (Lipinski definition) is 0. The van der Waals surface area contributed by atoms with Crippen molar-refractivity contribution >= 4 is 17.9 Å². The zero-order valence-corrected chi connectivity index (χ0v) is 34.7. The van der Waals surface area contributed by atoms with Crippen LogP contribution in [0.5, 0.6) is 0 Å². The predicted molar refractivity (Wildman–Crippen MR) is 217 cm³/mol. The first kappa shape index (κ1) is 50.3. The molecule has 0 fully saturated rings. The van der Waals surface area contributed by atoms with E-state index in [0.717, 1.165) is 77.0 Å². The van der Waals surface area contributed by atoms with Gasteiger partial charge in [-0.25, -0.2) is 0 Å². The maximum Gasteiger partial charge on any atom is 0.306 e. The highest BCUT2D eigenvalue weighted by molar-refractivity contribution is 5.70. The fourth-order valence-corrected chi connectivity index (χ4v) is 5.94. The Kier molecular flexibility index (Phi) is 34.4. The minimum absolute atomic E-state index is 0.0366. The van der Waals surface area contributed by atoms with E-state index in [2.05, 4.69) is 62.5 Å². The van der Waals surface area contributed by atoms with E-state index in [-0.39, 0.29) is 42.7 Å². The Labute approximate surface area is 325 Å². The SMILES string of the molecule is CC/C=C/C/C=C/C/C=C/C/C=C/CCCCCCCCC(=O)OCC(COCCC(C(=O)[O-])[N+](C)(C)C)OC(=O)CCCCCCCCCCCC. The van der Waals surface area contributed by atoms with Gasteiger partial charge in [0.05, 0.1) is 40.3 Å². The smallest absolute Gasteiger partial charge is 0.306 e. The zero-order valence-electron chi connectivity index (χ0n) is 34.7. The van der Waals surface area contributed by atoms with E-state index in [1.807, 2.05) is 0 Å². The van der Waals surface area contributed by atoms with Crippen LogP contribution in [0.2, 0.25) is 0 Å². The number of nitrogens with zero attached hydrogens (tertiary/aromatic N) is 1. The van der Waals surface area contributed by atoms with Gasteiger partial charge in [-0.1, -0.05) is 146 Å². The van der Waals surface area contributed by atoms with Crippen molar-refractivity contribution in [3.8, 4) is 0 Å². The van der Waals surface area contributed by atoms with Crippen molar-refractivity contribution in [2.24, 2.45) is 0 Å². The summed E-state index contributed by atoms with van der Waals surface area (Å²) in [6.07, 6.45) is 41.3. The van der Waals surface area contributed by atoms with Crippen LogP contribution in [0.1, 0.15) is 168 Å². The Bertz CT molecular complexity index is 1010. The summed E-state index contributed by atoms with van der Waals surface area (Å²) >= 11 is 0. The van der Waals surface area contributed by atoms with Crippen molar-refractivity contribution in [1.29, 1.82) is 0 Å². The van der Waals surface area contributed by atoms with Crippen LogP contribution in [0.3, 0.4) is 0 Å². The second-order valence-corrected chi connectivity index (χ2v) is 15.2. The van der Waals surface area contributed by atoms with Gasteiger partial charge in [-0.15, -0.1) is 0 Å². The Hall–Kier alpha value is -2.71. The Balaban J connectivity index is 4.33. The minimum atomic E-state index is -1.13. The lowest BCUT2D eigenvalue weighted by atomic mass is 10.1. The third kappa shape index (κ3) is 34.8. The molecule has 2 unspecified atom stereocenters. The Morgan fingerprint density at radius 3 is 1.57 bits per heavy atom. The van der Waals surface area contributed by atoms with Gasteiger partial charge < -0.3 is 28.6 Å². The van der Waals surface area contributed by atoms with E-state index < -0.39 is 18.1 Å². The number of carbonyl (C=O) groups excluding carboxylic acids is 3. The number of quaternary nitrogens is 1. The minimum Gasteiger partial charge on any atom is -0.544 e. The van der Waals surface area contributed by atoms with Crippen LogP contribution in [0.25, 0.3) is 0 Å². The maximum absolute atomic E-state index is 12.6. The van der Waals surface area contributed by atoms with E-state index in [0.29, 0.717) is 12.8 Å². The second-order valence-electron chi connectivity index (χ2n) is 15.2. The molecule has 306 valence electrons. The van der Waals surface area contributed by atoms with Crippen molar-refractivity contribution < 1.29 is 38.2 Å². The topological polar surface area (TPSA) is 102 Å². The molecular weight excluding hydrogens is 666 g/mol. The molecule has 0 aliphatic rings. The number of allylic oxidation sites excluding steroid dienone is 8. The Morgan fingerprint density at radius 1 is 0.585 bits per heavy atom. The zero-order chi connectivity index (χ0) is 39.3. The van der Waals surface area contributed by atoms with E-state index in [9.17, 15) is 19.5 Å². The fraction of sp³-hybridized carbons (Fsp3) is 0.756. The van der Waals surface area contributed by atoms with Crippen LogP contribution in [-0.4, -0.2) is 75.5 Å². The first-order valence-electron chi connectivity index (χ1n) is 21.2. The third-order valence-electron chi connectivity index (χ3n) is 9.23. The molecule has 0 heterocycles. The quantitative estimate of drug-likeness (QED) is 0.0270. The van der Waals surface area contributed by atoms with Crippen molar-refractivity contribution in [2.45, 2.75) is 180 Å². The molecule has 0 aliphatic heterocycles. The molecule has 8 nitrogen and oxygen atoms in total. The number of carboxylic acids is 1. The second kappa shape index (κ2) is 36.3. The Morgan fingerprint density at radius 2 is 1.06 bits per heavy atom. The van der Waals surface area contributed by atoms with Gasteiger partial charge in [0.25, 0.3) is 0 Å². The number of hydrogen-bond acceptors (Lipinski definition) is 7. The number of esters is 2. The molecule has 0 rings (SSSR count). The average Bonchev–Trinajstić information content (AvgIpc) is 3.11. The molecule has 0 spiro atoms. The summed E-state index contributed by atoms with van der Waals surface area (Å²) in [5.41, 5.74) is 0. The van der Waals surface area contributed by atoms with Gasteiger partial charge in [0, 0.05) is 19.3 Å². The lowest BCUT2D eigenvalue weighted by Gasteiger charge is -2.34. The number of carboxylic acid groups (broad SMARTS) is 1. The van der Waals surface area contributed by atoms with Crippen LogP contribution >= 0.6 is 0 Å². The number of aliphatic carboxylic acids is 1. The summed E-state index contributed by atoms with van der Waals surface area (Å²) in [7, 11) is 5.39. The van der Waals surface area contributed by atoms with Gasteiger partial charge >= 0.3 is 11.9 Å². The van der Waals surface area contributed by atoms with Crippen LogP contribution in [0.4, 0.5) is 0 Å². The van der Waals surface area contributed by atoms with E-state index in [4.69, 9.17) is 14.2 Å². The molecule has 2 atom stereocenters. The molecule has 0 bridgehead atoms. The first-order valence-corrected chi connectivity index (χ1v) is 21.2. The number of ether oxygens (including phenoxy) is 3. The van der Waals surface area contributed by atoms with E-state index >= 15 is 0 Å². The van der Waals surface area contributed by atoms with Crippen LogP contribution in [0, 0.1) is 0 Å². The molecule has 0 aliphatic carbocycles. The standard InChI is InChI=1S/C45H79NO7/c1-6-8-10-12-14-16-18-19-20-21-22-23-24-25-26-28-29-31-33-35-43(47)52-40-41(39-51-38-37-42(45(49)50)46(3,4)5)53-44(48)36-34-32-30-27-17-15-13-11-9-7-2/h8,10,14,16,19-20,22-23,41-42H,6-7,9,11-13,15,17-18,21,24-40H2,1-5H3/b10-8+,16-14+,20-19+,23-22+. The maximum atomic E-state index is 12.6. The van der Waals surface area contributed by atoms with Gasteiger partial charge in [-0.2, -0.15) is 0 Å². The number of unbranched alkanes of at least 4 members (excludes halogenated alkanes) is 15. The van der Waals surface area contributed by atoms with Gasteiger partial charge in [0.15, 0.2) is 6.10 Å².